The van der Waals surface area contributed by atoms with Gasteiger partial charge in [-0.2, -0.15) is 0 Å². The van der Waals surface area contributed by atoms with Gasteiger partial charge in [-0.25, -0.2) is 0 Å². The molecule has 0 radical (unpaired) electrons. The van der Waals surface area contributed by atoms with E-state index in [0.717, 1.165) is 0 Å². The summed E-state index contributed by atoms with van der Waals surface area (Å²) >= 11 is 0. The van der Waals surface area contributed by atoms with Gasteiger partial charge in [0.05, 0.1) is 18.6 Å². The van der Waals surface area contributed by atoms with Crippen molar-refractivity contribution in [3.8, 4) is 11.5 Å². The number of hydrogen-bond donors (Lipinski definition) is 1. The van der Waals surface area contributed by atoms with Crippen molar-refractivity contribution in [1.82, 2.24) is 5.32 Å². The van der Waals surface area contributed by atoms with Crippen LogP contribution >= 0.6 is 0 Å². The molecule has 0 saturated carbocycles. The van der Waals surface area contributed by atoms with Crippen molar-refractivity contribution in [3.05, 3.63) is 58.1 Å². The van der Waals surface area contributed by atoms with Gasteiger partial charge in [-0.05, 0) is 24.3 Å². The van der Waals surface area contributed by atoms with Crippen LogP contribution in [0.25, 0.3) is 0 Å². The molecule has 8 heteroatoms. The molecule has 138 valence electrons. The summed E-state index contributed by atoms with van der Waals surface area (Å²) in [6.07, 6.45) is 0. The van der Waals surface area contributed by atoms with Gasteiger partial charge in [0.15, 0.2) is 11.5 Å². The molecule has 0 spiro atoms. The maximum Gasteiger partial charge on any atom is 0.293 e. The third-order valence-electron chi connectivity index (χ3n) is 3.63. The fraction of sp³-hybridized carbons (Fsp3) is 0.278. The third kappa shape index (κ3) is 4.62. The highest BCUT2D eigenvalue weighted by atomic mass is 16.6. The van der Waals surface area contributed by atoms with E-state index in [9.17, 15) is 14.9 Å². The summed E-state index contributed by atoms with van der Waals surface area (Å²) in [7, 11) is 4.96. The number of nitro groups is 1. The van der Waals surface area contributed by atoms with Gasteiger partial charge >= 0.3 is 0 Å². The van der Waals surface area contributed by atoms with Crippen LogP contribution in [0.4, 0.5) is 11.4 Å². The number of amides is 1. The molecule has 0 bridgehead atoms. The summed E-state index contributed by atoms with van der Waals surface area (Å²) in [6, 6.07) is 11.6. The summed E-state index contributed by atoms with van der Waals surface area (Å²) in [5, 5.41) is 13.9. The lowest BCUT2D eigenvalue weighted by molar-refractivity contribution is -0.384. The molecule has 0 aromatic heterocycles. The average Bonchev–Trinajstić information content (AvgIpc) is 2.64. The van der Waals surface area contributed by atoms with Crippen LogP contribution in [0.5, 0.6) is 11.5 Å². The number of methoxy groups -OCH3 is 1. The topological polar surface area (TPSA) is 93.9 Å². The lowest BCUT2D eigenvalue weighted by Crippen LogP contribution is -2.28. The molecule has 0 fully saturated rings. The van der Waals surface area contributed by atoms with Crippen molar-refractivity contribution in [2.75, 3.05) is 39.3 Å². The molecule has 2 aromatic carbocycles. The number of rotatable bonds is 8. The van der Waals surface area contributed by atoms with E-state index >= 15 is 0 Å². The molecule has 8 nitrogen and oxygen atoms in total. The fourth-order valence-corrected chi connectivity index (χ4v) is 2.35. The molecule has 1 N–H and O–H groups in total. The van der Waals surface area contributed by atoms with E-state index in [0.29, 0.717) is 17.2 Å². The van der Waals surface area contributed by atoms with Gasteiger partial charge in [0.2, 0.25) is 0 Å². The highest BCUT2D eigenvalue weighted by Crippen LogP contribution is 2.28. The maximum atomic E-state index is 12.2. The van der Waals surface area contributed by atoms with E-state index in [4.69, 9.17) is 9.47 Å². The van der Waals surface area contributed by atoms with E-state index in [1.807, 2.05) is 12.1 Å². The molecule has 2 aromatic rings. The van der Waals surface area contributed by atoms with E-state index in [1.165, 1.54) is 6.07 Å². The van der Waals surface area contributed by atoms with Crippen LogP contribution in [0.15, 0.2) is 42.5 Å². The Hall–Kier alpha value is -3.29. The summed E-state index contributed by atoms with van der Waals surface area (Å²) in [6.45, 7) is 0.490. The Labute approximate surface area is 151 Å². The number of carbonyl (C=O) groups excluding carboxylic acids is 1. The Morgan fingerprint density at radius 1 is 1.19 bits per heavy atom. The molecule has 0 saturated heterocycles. The fourth-order valence-electron chi connectivity index (χ4n) is 2.35. The SMILES string of the molecule is COc1ccccc1OCCNC(=O)c1ccc(N(C)C)c([N+](=O)[O-])c1. The van der Waals surface area contributed by atoms with Crippen LogP contribution in [0.2, 0.25) is 0 Å². The van der Waals surface area contributed by atoms with Crippen molar-refractivity contribution < 1.29 is 19.2 Å². The molecular weight excluding hydrogens is 338 g/mol. The monoisotopic (exact) mass is 359 g/mol. The lowest BCUT2D eigenvalue weighted by Gasteiger charge is -2.14. The number of ether oxygens (including phenoxy) is 2. The zero-order valence-corrected chi connectivity index (χ0v) is 14.9. The number of para-hydroxylation sites is 2. The molecule has 0 aliphatic heterocycles. The second-order valence-corrected chi connectivity index (χ2v) is 5.61. The quantitative estimate of drug-likeness (QED) is 0.442. The summed E-state index contributed by atoms with van der Waals surface area (Å²) in [4.78, 5) is 24.5. The van der Waals surface area contributed by atoms with Crippen LogP contribution in [-0.4, -0.2) is 45.2 Å². The van der Waals surface area contributed by atoms with Crippen LogP contribution in [0.1, 0.15) is 10.4 Å². The van der Waals surface area contributed by atoms with Crippen LogP contribution < -0.4 is 19.7 Å². The number of benzene rings is 2. The molecular formula is C18H21N3O5. The summed E-state index contributed by atoms with van der Waals surface area (Å²) < 4.78 is 10.8. The van der Waals surface area contributed by atoms with Crippen molar-refractivity contribution in [2.45, 2.75) is 0 Å². The van der Waals surface area contributed by atoms with Crippen LogP contribution in [0, 0.1) is 10.1 Å². The first kappa shape index (κ1) is 19.0. The van der Waals surface area contributed by atoms with Crippen LogP contribution in [-0.2, 0) is 0 Å². The number of nitro benzene ring substituents is 1. The molecule has 2 rings (SSSR count). The van der Waals surface area contributed by atoms with Gasteiger partial charge in [0, 0.05) is 25.7 Å². The second-order valence-electron chi connectivity index (χ2n) is 5.61. The highest BCUT2D eigenvalue weighted by Gasteiger charge is 2.18. The van der Waals surface area contributed by atoms with Gasteiger partial charge in [-0.3, -0.25) is 14.9 Å². The minimum absolute atomic E-state index is 0.118. The Morgan fingerprint density at radius 3 is 2.50 bits per heavy atom. The Kier molecular flexibility index (Phi) is 6.37. The molecule has 0 aliphatic rings. The maximum absolute atomic E-state index is 12.2. The number of carbonyl (C=O) groups is 1. The van der Waals surface area contributed by atoms with Gasteiger partial charge < -0.3 is 19.7 Å². The van der Waals surface area contributed by atoms with Crippen molar-refractivity contribution in [2.24, 2.45) is 0 Å². The van der Waals surface area contributed by atoms with E-state index in [2.05, 4.69) is 5.32 Å². The Morgan fingerprint density at radius 2 is 1.88 bits per heavy atom. The zero-order chi connectivity index (χ0) is 19.1. The first-order chi connectivity index (χ1) is 12.4. The van der Waals surface area contributed by atoms with Crippen molar-refractivity contribution in [3.63, 3.8) is 0 Å². The predicted octanol–water partition coefficient (Wildman–Crippen LogP) is 2.48. The Balaban J connectivity index is 1.96. The van der Waals surface area contributed by atoms with Crippen molar-refractivity contribution >= 4 is 17.3 Å². The number of nitrogens with one attached hydrogen (secondary N) is 1. The smallest absolute Gasteiger partial charge is 0.293 e. The minimum atomic E-state index is -0.503. The van der Waals surface area contributed by atoms with Gasteiger partial charge in [0.1, 0.15) is 12.3 Å². The molecule has 0 unspecified atom stereocenters. The van der Waals surface area contributed by atoms with Gasteiger partial charge in [-0.15, -0.1) is 0 Å². The highest BCUT2D eigenvalue weighted by molar-refractivity contribution is 5.95. The zero-order valence-electron chi connectivity index (χ0n) is 14.9. The Bertz CT molecular complexity index is 792. The summed E-state index contributed by atoms with van der Waals surface area (Å²) in [5.74, 6) is 0.783. The molecule has 26 heavy (non-hydrogen) atoms. The summed E-state index contributed by atoms with van der Waals surface area (Å²) in [5.41, 5.74) is 0.540. The standard InChI is InChI=1S/C18H21N3O5/c1-20(2)14-9-8-13(12-15(14)21(23)24)18(22)19-10-11-26-17-7-5-4-6-16(17)25-3/h4-9,12H,10-11H2,1-3H3,(H,19,22). The third-order valence-corrected chi connectivity index (χ3v) is 3.63. The van der Waals surface area contributed by atoms with Crippen LogP contribution in [0.3, 0.4) is 0 Å². The lowest BCUT2D eigenvalue weighted by atomic mass is 10.1. The first-order valence-corrected chi connectivity index (χ1v) is 7.94. The van der Waals surface area contributed by atoms with Gasteiger partial charge in [0.25, 0.3) is 11.6 Å². The van der Waals surface area contributed by atoms with E-state index in [1.54, 1.807) is 50.4 Å². The predicted molar refractivity (Wildman–Crippen MR) is 98.2 cm³/mol. The van der Waals surface area contributed by atoms with E-state index < -0.39 is 10.8 Å². The molecule has 1 amide bonds. The molecule has 0 atom stereocenters. The first-order valence-electron chi connectivity index (χ1n) is 7.94. The molecule has 0 aliphatic carbocycles. The number of nitrogens with zero attached hydrogens (tertiary/aromatic N) is 2. The minimum Gasteiger partial charge on any atom is -0.493 e. The molecule has 0 heterocycles. The van der Waals surface area contributed by atoms with Gasteiger partial charge in [-0.1, -0.05) is 12.1 Å². The number of anilines is 1. The second kappa shape index (κ2) is 8.70. The average molecular weight is 359 g/mol. The number of hydrogen-bond acceptors (Lipinski definition) is 6. The van der Waals surface area contributed by atoms with Crippen molar-refractivity contribution in [1.29, 1.82) is 0 Å². The van der Waals surface area contributed by atoms with E-state index in [-0.39, 0.29) is 24.4 Å². The normalized spacial score (nSPS) is 10.1. The largest absolute Gasteiger partial charge is 0.493 e.